The van der Waals surface area contributed by atoms with Crippen molar-refractivity contribution in [3.63, 3.8) is 0 Å². The second-order valence-electron chi connectivity index (χ2n) is 5.64. The maximum atomic E-state index is 12.2. The number of esters is 1. The van der Waals surface area contributed by atoms with Crippen LogP contribution in [0.25, 0.3) is 0 Å². The fourth-order valence-electron chi connectivity index (χ4n) is 2.80. The summed E-state index contributed by atoms with van der Waals surface area (Å²) in [6.07, 6.45) is 0.707. The number of hydrogen-bond donors (Lipinski definition) is 1. The highest BCUT2D eigenvalue weighted by atomic mass is 79.9. The Bertz CT molecular complexity index is 747. The van der Waals surface area contributed by atoms with Crippen LogP contribution in [0.1, 0.15) is 21.5 Å². The first-order chi connectivity index (χ1) is 11.5. The van der Waals surface area contributed by atoms with Crippen LogP contribution in [0.5, 0.6) is 0 Å². The predicted molar refractivity (Wildman–Crippen MR) is 94.3 cm³/mol. The Balaban J connectivity index is 1.80. The molecule has 1 N–H and O–H groups in total. The van der Waals surface area contributed by atoms with Crippen LogP contribution in [0, 0.1) is 0 Å². The van der Waals surface area contributed by atoms with E-state index in [0.717, 1.165) is 15.6 Å². The monoisotopic (exact) mass is 410 g/mol. The average Bonchev–Trinajstić information content (AvgIpc) is 2.59. The molecule has 1 aliphatic rings. The highest BCUT2D eigenvalue weighted by molar-refractivity contribution is 9.10. The van der Waals surface area contributed by atoms with E-state index in [0.29, 0.717) is 23.6 Å². The van der Waals surface area contributed by atoms with Gasteiger partial charge in [-0.3, -0.25) is 0 Å². The van der Waals surface area contributed by atoms with E-state index in [1.165, 1.54) is 0 Å². The quantitative estimate of drug-likeness (QED) is 0.779. The summed E-state index contributed by atoms with van der Waals surface area (Å²) in [5.41, 5.74) is 1.20. The fraction of sp³-hybridized carbons (Fsp3) is 0.278. The minimum absolute atomic E-state index is 0.0625. The molecule has 1 heterocycles. The van der Waals surface area contributed by atoms with Gasteiger partial charge in [-0.25, -0.2) is 4.79 Å². The second-order valence-corrected chi connectivity index (χ2v) is 6.99. The molecule has 0 radical (unpaired) electrons. The molecule has 2 aromatic carbocycles. The minimum Gasteiger partial charge on any atom is -0.459 e. The molecule has 24 heavy (non-hydrogen) atoms. The summed E-state index contributed by atoms with van der Waals surface area (Å²) in [6.45, 7) is 0.0893. The van der Waals surface area contributed by atoms with Gasteiger partial charge in [0.05, 0.1) is 18.8 Å². The van der Waals surface area contributed by atoms with Gasteiger partial charge in [0, 0.05) is 9.50 Å². The van der Waals surface area contributed by atoms with Gasteiger partial charge < -0.3 is 14.6 Å². The van der Waals surface area contributed by atoms with Gasteiger partial charge in [0.25, 0.3) is 0 Å². The van der Waals surface area contributed by atoms with E-state index >= 15 is 0 Å². The summed E-state index contributed by atoms with van der Waals surface area (Å²) in [6, 6.07) is 12.3. The zero-order valence-corrected chi connectivity index (χ0v) is 15.1. The van der Waals surface area contributed by atoms with E-state index in [-0.39, 0.29) is 13.2 Å². The van der Waals surface area contributed by atoms with Crippen LogP contribution in [0.4, 0.5) is 0 Å². The Kier molecular flexibility index (Phi) is 5.25. The number of carbonyl (C=O) groups is 1. The average molecular weight is 412 g/mol. The lowest BCUT2D eigenvalue weighted by atomic mass is 9.87. The lowest BCUT2D eigenvalue weighted by Gasteiger charge is -2.37. The standard InChI is InChI=1S/C18H16BrClO4/c19-14-3-1-12(2-4-14)17(22)23-11-18(10-21)16-6-5-15(20)9-13(16)7-8-24-18/h1-6,9,21H,7-8,10-11H2. The molecule has 3 rings (SSSR count). The maximum Gasteiger partial charge on any atom is 0.338 e. The first-order valence-corrected chi connectivity index (χ1v) is 8.67. The van der Waals surface area contributed by atoms with E-state index in [1.807, 2.05) is 12.1 Å². The van der Waals surface area contributed by atoms with Crippen molar-refractivity contribution in [2.24, 2.45) is 0 Å². The van der Waals surface area contributed by atoms with Crippen molar-refractivity contribution in [1.29, 1.82) is 0 Å². The predicted octanol–water partition coefficient (Wildman–Crippen LogP) is 3.72. The fourth-order valence-corrected chi connectivity index (χ4v) is 3.25. The molecule has 1 unspecified atom stereocenters. The van der Waals surface area contributed by atoms with Crippen molar-refractivity contribution in [2.45, 2.75) is 12.0 Å². The van der Waals surface area contributed by atoms with Gasteiger partial charge in [-0.1, -0.05) is 33.6 Å². The van der Waals surface area contributed by atoms with Gasteiger partial charge in [-0.15, -0.1) is 0 Å². The van der Waals surface area contributed by atoms with Crippen LogP contribution >= 0.6 is 27.5 Å². The Morgan fingerprint density at radius 2 is 2.04 bits per heavy atom. The number of ether oxygens (including phenoxy) is 2. The maximum absolute atomic E-state index is 12.2. The van der Waals surface area contributed by atoms with Gasteiger partial charge in [-0.05, 0) is 53.9 Å². The molecule has 126 valence electrons. The summed E-state index contributed by atoms with van der Waals surface area (Å²) in [7, 11) is 0. The first-order valence-electron chi connectivity index (χ1n) is 7.50. The van der Waals surface area contributed by atoms with Crippen LogP contribution in [0.2, 0.25) is 5.02 Å². The van der Waals surface area contributed by atoms with Crippen molar-refractivity contribution in [3.8, 4) is 0 Å². The van der Waals surface area contributed by atoms with Crippen molar-refractivity contribution < 1.29 is 19.4 Å². The number of rotatable bonds is 4. The van der Waals surface area contributed by atoms with Crippen molar-refractivity contribution in [1.82, 2.24) is 0 Å². The van der Waals surface area contributed by atoms with Gasteiger partial charge in [0.1, 0.15) is 6.61 Å². The highest BCUT2D eigenvalue weighted by Crippen LogP contribution is 2.35. The SMILES string of the molecule is O=C(OCC1(CO)OCCc2cc(Cl)ccc21)c1ccc(Br)cc1. The van der Waals surface area contributed by atoms with Crippen molar-refractivity contribution in [3.05, 3.63) is 68.7 Å². The molecule has 1 aliphatic heterocycles. The van der Waals surface area contributed by atoms with Crippen LogP contribution in [-0.2, 0) is 21.5 Å². The number of hydrogen-bond acceptors (Lipinski definition) is 4. The zero-order chi connectivity index (χ0) is 17.2. The molecule has 4 nitrogen and oxygen atoms in total. The minimum atomic E-state index is -1.05. The summed E-state index contributed by atoms with van der Waals surface area (Å²) in [5.74, 6) is -0.458. The van der Waals surface area contributed by atoms with Crippen LogP contribution < -0.4 is 0 Å². The molecule has 0 amide bonds. The van der Waals surface area contributed by atoms with Crippen LogP contribution in [0.15, 0.2) is 46.9 Å². The van der Waals surface area contributed by atoms with Gasteiger partial charge in [0.15, 0.2) is 5.60 Å². The molecule has 6 heteroatoms. The van der Waals surface area contributed by atoms with Gasteiger partial charge >= 0.3 is 5.97 Å². The summed E-state index contributed by atoms with van der Waals surface area (Å²) >= 11 is 9.36. The molecule has 2 aromatic rings. The highest BCUT2D eigenvalue weighted by Gasteiger charge is 2.39. The number of fused-ring (bicyclic) bond motifs is 1. The largest absolute Gasteiger partial charge is 0.459 e. The molecule has 1 atom stereocenters. The molecule has 0 fully saturated rings. The Labute approximate surface area is 153 Å². The normalized spacial score (nSPS) is 19.6. The van der Waals surface area contributed by atoms with Gasteiger partial charge in [-0.2, -0.15) is 0 Å². The van der Waals surface area contributed by atoms with E-state index in [9.17, 15) is 9.90 Å². The third kappa shape index (κ3) is 3.49. The third-order valence-corrected chi connectivity index (χ3v) is 4.84. The first kappa shape index (κ1) is 17.4. The number of carbonyl (C=O) groups excluding carboxylic acids is 1. The Morgan fingerprint density at radius 3 is 2.75 bits per heavy atom. The molecular weight excluding hydrogens is 396 g/mol. The van der Waals surface area contributed by atoms with E-state index in [4.69, 9.17) is 21.1 Å². The number of aliphatic hydroxyl groups excluding tert-OH is 1. The summed E-state index contributed by atoms with van der Waals surface area (Å²) in [5, 5.41) is 10.6. The zero-order valence-electron chi connectivity index (χ0n) is 12.8. The van der Waals surface area contributed by atoms with Crippen molar-refractivity contribution >= 4 is 33.5 Å². The van der Waals surface area contributed by atoms with E-state index in [1.54, 1.807) is 30.3 Å². The Morgan fingerprint density at radius 1 is 1.29 bits per heavy atom. The molecule has 0 bridgehead atoms. The molecule has 0 saturated heterocycles. The molecule has 0 aromatic heterocycles. The smallest absolute Gasteiger partial charge is 0.338 e. The third-order valence-electron chi connectivity index (χ3n) is 4.08. The molecule has 0 saturated carbocycles. The van der Waals surface area contributed by atoms with Crippen molar-refractivity contribution in [2.75, 3.05) is 19.8 Å². The number of aliphatic hydroxyl groups is 1. The topological polar surface area (TPSA) is 55.8 Å². The van der Waals surface area contributed by atoms with E-state index < -0.39 is 11.6 Å². The molecule has 0 spiro atoms. The molecule has 0 aliphatic carbocycles. The molecular formula is C18H16BrClO4. The lowest BCUT2D eigenvalue weighted by Crippen LogP contribution is -2.43. The van der Waals surface area contributed by atoms with Gasteiger partial charge in [0.2, 0.25) is 0 Å². The lowest BCUT2D eigenvalue weighted by molar-refractivity contribution is -0.124. The number of benzene rings is 2. The summed E-state index contributed by atoms with van der Waals surface area (Å²) < 4.78 is 12.1. The van der Waals surface area contributed by atoms with E-state index in [2.05, 4.69) is 15.9 Å². The Hall–Kier alpha value is -1.40. The van der Waals surface area contributed by atoms with Crippen LogP contribution in [0.3, 0.4) is 0 Å². The number of halogens is 2. The van der Waals surface area contributed by atoms with Crippen LogP contribution in [-0.4, -0.2) is 30.9 Å². The summed E-state index contributed by atoms with van der Waals surface area (Å²) in [4.78, 5) is 12.2. The second kappa shape index (κ2) is 7.23.